The Bertz CT molecular complexity index is 551. The van der Waals surface area contributed by atoms with Crippen molar-refractivity contribution in [3.8, 4) is 5.75 Å². The molecule has 0 amide bonds. The van der Waals surface area contributed by atoms with E-state index in [2.05, 4.69) is 0 Å². The van der Waals surface area contributed by atoms with Crippen LogP contribution in [0, 0.1) is 11.6 Å². The smallest absolute Gasteiger partial charge is 0.187 e. The molecule has 0 spiro atoms. The first-order chi connectivity index (χ1) is 8.87. The summed E-state index contributed by atoms with van der Waals surface area (Å²) in [6.07, 6.45) is 0.519. The fraction of sp³-hybridized carbons (Fsp3) is 0.500. The highest BCUT2D eigenvalue weighted by molar-refractivity contribution is 7.91. The Hall–Kier alpha value is -1.21. The van der Waals surface area contributed by atoms with Gasteiger partial charge in [0.05, 0.1) is 11.5 Å². The molecule has 0 radical (unpaired) electrons. The topological polar surface area (TPSA) is 57.6 Å². The van der Waals surface area contributed by atoms with Gasteiger partial charge < -0.3 is 5.11 Å². The Labute approximate surface area is 110 Å². The largest absolute Gasteiger partial charge is 0.503 e. The molecule has 0 aromatic heterocycles. The summed E-state index contributed by atoms with van der Waals surface area (Å²) in [6.45, 7) is 1.19. The number of phenolic OH excluding ortho intramolecular Hbond substituents is 1. The lowest BCUT2D eigenvalue weighted by atomic mass is 10.2. The molecular weight excluding hydrogens is 276 g/mol. The molecular formula is C12H15F2NO3S. The fourth-order valence-electron chi connectivity index (χ4n) is 2.12. The van der Waals surface area contributed by atoms with Gasteiger partial charge in [-0.25, -0.2) is 17.2 Å². The first kappa shape index (κ1) is 14.2. The highest BCUT2D eigenvalue weighted by Gasteiger charge is 2.20. The maximum atomic E-state index is 13.2. The molecule has 0 aliphatic carbocycles. The summed E-state index contributed by atoms with van der Waals surface area (Å²) in [6, 6.07) is 2.13. The maximum Gasteiger partial charge on any atom is 0.187 e. The van der Waals surface area contributed by atoms with Crippen molar-refractivity contribution in [1.29, 1.82) is 0 Å². The van der Waals surface area contributed by atoms with Crippen LogP contribution < -0.4 is 0 Å². The van der Waals surface area contributed by atoms with E-state index in [1.54, 1.807) is 0 Å². The second kappa shape index (κ2) is 5.42. The quantitative estimate of drug-likeness (QED) is 0.892. The van der Waals surface area contributed by atoms with Crippen LogP contribution in [0.2, 0.25) is 0 Å². The van der Waals surface area contributed by atoms with Crippen molar-refractivity contribution in [2.24, 2.45) is 0 Å². The van der Waals surface area contributed by atoms with Crippen LogP contribution in [0.4, 0.5) is 8.78 Å². The summed E-state index contributed by atoms with van der Waals surface area (Å²) in [7, 11) is -3.00. The van der Waals surface area contributed by atoms with E-state index in [0.717, 1.165) is 12.1 Å². The van der Waals surface area contributed by atoms with E-state index in [1.165, 1.54) is 0 Å². The van der Waals surface area contributed by atoms with E-state index < -0.39 is 27.2 Å². The van der Waals surface area contributed by atoms with Crippen LogP contribution in [-0.2, 0) is 16.4 Å². The third kappa shape index (κ3) is 3.63. The summed E-state index contributed by atoms with van der Waals surface area (Å²) in [5, 5.41) is 9.01. The molecule has 0 unspecified atom stereocenters. The van der Waals surface area contributed by atoms with Crippen LogP contribution in [0.3, 0.4) is 0 Å². The summed E-state index contributed by atoms with van der Waals surface area (Å²) in [4.78, 5) is 1.84. The molecule has 1 aromatic carbocycles. The van der Waals surface area contributed by atoms with Gasteiger partial charge >= 0.3 is 0 Å². The lowest BCUT2D eigenvalue weighted by Crippen LogP contribution is -2.26. The zero-order chi connectivity index (χ0) is 14.0. The summed E-state index contributed by atoms with van der Waals surface area (Å²) in [5.41, 5.74) is 0.382. The van der Waals surface area contributed by atoms with Crippen molar-refractivity contribution in [1.82, 2.24) is 4.90 Å². The standard InChI is InChI=1S/C12H15F2NO3S/c13-10-6-9(7-11(14)12(10)16)8-15-2-1-4-19(17,18)5-3-15/h6-7,16H,1-5,8H2. The van der Waals surface area contributed by atoms with Gasteiger partial charge in [-0.15, -0.1) is 0 Å². The molecule has 0 saturated carbocycles. The molecule has 0 bridgehead atoms. The van der Waals surface area contributed by atoms with Crippen LogP contribution in [0.5, 0.6) is 5.75 Å². The molecule has 0 atom stereocenters. The van der Waals surface area contributed by atoms with Gasteiger partial charge in [0.25, 0.3) is 0 Å². The zero-order valence-corrected chi connectivity index (χ0v) is 11.1. The van der Waals surface area contributed by atoms with Crippen molar-refractivity contribution in [2.75, 3.05) is 24.6 Å². The van der Waals surface area contributed by atoms with Gasteiger partial charge in [-0.05, 0) is 30.7 Å². The van der Waals surface area contributed by atoms with E-state index in [9.17, 15) is 17.2 Å². The summed E-state index contributed by atoms with van der Waals surface area (Å²) in [5.74, 6) is -2.77. The SMILES string of the molecule is O=S1(=O)CCCN(Cc2cc(F)c(O)c(F)c2)CC1. The van der Waals surface area contributed by atoms with Gasteiger partial charge in [0, 0.05) is 13.1 Å². The van der Waals surface area contributed by atoms with Crippen molar-refractivity contribution < 1.29 is 22.3 Å². The number of benzene rings is 1. The second-order valence-corrected chi connectivity index (χ2v) is 6.99. The Kier molecular flexibility index (Phi) is 4.05. The number of nitrogens with zero attached hydrogens (tertiary/aromatic N) is 1. The average Bonchev–Trinajstić information content (AvgIpc) is 2.48. The minimum absolute atomic E-state index is 0.0655. The number of phenols is 1. The molecule has 1 heterocycles. The Balaban J connectivity index is 2.09. The summed E-state index contributed by atoms with van der Waals surface area (Å²) < 4.78 is 49.3. The predicted octanol–water partition coefficient (Wildman–Crippen LogP) is 1.29. The third-order valence-electron chi connectivity index (χ3n) is 3.13. The number of aromatic hydroxyl groups is 1. The van der Waals surface area contributed by atoms with Gasteiger partial charge in [0.15, 0.2) is 27.2 Å². The number of rotatable bonds is 2. The van der Waals surface area contributed by atoms with Crippen LogP contribution in [0.25, 0.3) is 0 Å². The molecule has 1 aliphatic heterocycles. The van der Waals surface area contributed by atoms with Crippen molar-refractivity contribution in [3.63, 3.8) is 0 Å². The van der Waals surface area contributed by atoms with Gasteiger partial charge in [0.1, 0.15) is 0 Å². The minimum Gasteiger partial charge on any atom is -0.503 e. The minimum atomic E-state index is -3.00. The molecule has 106 valence electrons. The van der Waals surface area contributed by atoms with Crippen molar-refractivity contribution >= 4 is 9.84 Å². The van der Waals surface area contributed by atoms with Crippen molar-refractivity contribution in [3.05, 3.63) is 29.3 Å². The Morgan fingerprint density at radius 2 is 1.79 bits per heavy atom. The van der Waals surface area contributed by atoms with E-state index in [-0.39, 0.29) is 18.1 Å². The lowest BCUT2D eigenvalue weighted by Gasteiger charge is -2.19. The molecule has 1 aliphatic rings. The second-order valence-electron chi connectivity index (χ2n) is 4.69. The molecule has 7 heteroatoms. The maximum absolute atomic E-state index is 13.2. The third-order valence-corrected chi connectivity index (χ3v) is 4.85. The van der Waals surface area contributed by atoms with E-state index in [1.807, 2.05) is 4.90 Å². The Morgan fingerprint density at radius 3 is 2.42 bits per heavy atom. The van der Waals surface area contributed by atoms with E-state index in [4.69, 9.17) is 5.11 Å². The first-order valence-electron chi connectivity index (χ1n) is 5.97. The normalized spacial score (nSPS) is 20.1. The number of halogens is 2. The van der Waals surface area contributed by atoms with Crippen LogP contribution in [0.15, 0.2) is 12.1 Å². The predicted molar refractivity (Wildman–Crippen MR) is 66.6 cm³/mol. The highest BCUT2D eigenvalue weighted by atomic mass is 32.2. The molecule has 1 aromatic rings. The van der Waals surface area contributed by atoms with Crippen LogP contribution in [-0.4, -0.2) is 43.0 Å². The average molecular weight is 291 g/mol. The number of hydrogen-bond donors (Lipinski definition) is 1. The highest BCUT2D eigenvalue weighted by Crippen LogP contribution is 2.22. The zero-order valence-electron chi connectivity index (χ0n) is 10.3. The fourth-order valence-corrected chi connectivity index (χ4v) is 3.43. The monoisotopic (exact) mass is 291 g/mol. The molecule has 1 N–H and O–H groups in total. The van der Waals surface area contributed by atoms with Gasteiger partial charge in [-0.3, -0.25) is 4.90 Å². The molecule has 19 heavy (non-hydrogen) atoms. The van der Waals surface area contributed by atoms with Gasteiger partial charge in [-0.2, -0.15) is 0 Å². The van der Waals surface area contributed by atoms with E-state index >= 15 is 0 Å². The molecule has 2 rings (SSSR count). The van der Waals surface area contributed by atoms with Crippen molar-refractivity contribution in [2.45, 2.75) is 13.0 Å². The molecule has 1 saturated heterocycles. The van der Waals surface area contributed by atoms with Crippen LogP contribution in [0.1, 0.15) is 12.0 Å². The lowest BCUT2D eigenvalue weighted by molar-refractivity contribution is 0.285. The summed E-state index contributed by atoms with van der Waals surface area (Å²) >= 11 is 0. The molecule has 1 fully saturated rings. The van der Waals surface area contributed by atoms with Gasteiger partial charge in [-0.1, -0.05) is 0 Å². The van der Waals surface area contributed by atoms with Crippen LogP contribution >= 0.6 is 0 Å². The van der Waals surface area contributed by atoms with Gasteiger partial charge in [0.2, 0.25) is 0 Å². The first-order valence-corrected chi connectivity index (χ1v) is 7.79. The Morgan fingerprint density at radius 1 is 1.16 bits per heavy atom. The number of hydrogen-bond acceptors (Lipinski definition) is 4. The van der Waals surface area contributed by atoms with E-state index in [0.29, 0.717) is 25.1 Å². The molecule has 4 nitrogen and oxygen atoms in total. The number of sulfone groups is 1.